The number of nitrogens with zero attached hydrogens (tertiary/aromatic N) is 5. The standard InChI is InChI=1S/C20H17N7O3/c1-11-23-20(30-26-11)17-8-13-7-12(3-4-15(13)24-17)18-9-16(25-27(18)2)19(28)21-10-14-5-6-22-29-14/h3-9,24H,10H2,1-2H3,(H,21,28). The van der Waals surface area contributed by atoms with E-state index in [1.54, 1.807) is 30.8 Å². The summed E-state index contributed by atoms with van der Waals surface area (Å²) in [6.07, 6.45) is 1.53. The van der Waals surface area contributed by atoms with Crippen LogP contribution in [0, 0.1) is 6.92 Å². The van der Waals surface area contributed by atoms with Crippen LogP contribution in [0.4, 0.5) is 0 Å². The maximum absolute atomic E-state index is 12.4. The molecule has 10 heteroatoms. The molecule has 5 rings (SSSR count). The molecule has 0 aliphatic heterocycles. The van der Waals surface area contributed by atoms with Crippen LogP contribution in [0.3, 0.4) is 0 Å². The molecule has 0 atom stereocenters. The van der Waals surface area contributed by atoms with Gasteiger partial charge in [0.05, 0.1) is 18.4 Å². The molecule has 150 valence electrons. The summed E-state index contributed by atoms with van der Waals surface area (Å²) in [5.41, 5.74) is 3.76. The van der Waals surface area contributed by atoms with Gasteiger partial charge in [-0.15, -0.1) is 0 Å². The number of aromatic amines is 1. The van der Waals surface area contributed by atoms with Crippen molar-refractivity contribution in [3.05, 3.63) is 59.9 Å². The van der Waals surface area contributed by atoms with Gasteiger partial charge >= 0.3 is 0 Å². The third-order valence-electron chi connectivity index (χ3n) is 4.70. The van der Waals surface area contributed by atoms with Gasteiger partial charge in [-0.1, -0.05) is 16.4 Å². The summed E-state index contributed by atoms with van der Waals surface area (Å²) in [6.45, 7) is 2.02. The number of carbonyl (C=O) groups is 1. The minimum absolute atomic E-state index is 0.248. The van der Waals surface area contributed by atoms with Gasteiger partial charge in [-0.05, 0) is 31.2 Å². The normalized spacial score (nSPS) is 11.3. The van der Waals surface area contributed by atoms with Crippen molar-refractivity contribution in [1.29, 1.82) is 0 Å². The average Bonchev–Trinajstić information content (AvgIpc) is 3.51. The quantitative estimate of drug-likeness (QED) is 0.462. The molecule has 10 nitrogen and oxygen atoms in total. The van der Waals surface area contributed by atoms with Gasteiger partial charge in [0.1, 0.15) is 5.69 Å². The number of fused-ring (bicyclic) bond motifs is 1. The van der Waals surface area contributed by atoms with E-state index in [0.29, 0.717) is 23.2 Å². The second-order valence-corrected chi connectivity index (χ2v) is 6.83. The number of hydrogen-bond acceptors (Lipinski definition) is 7. The summed E-state index contributed by atoms with van der Waals surface area (Å²) >= 11 is 0. The molecule has 0 aliphatic carbocycles. The van der Waals surface area contributed by atoms with Crippen LogP contribution in [0.2, 0.25) is 0 Å². The number of benzene rings is 1. The molecule has 0 spiro atoms. The minimum Gasteiger partial charge on any atom is -0.360 e. The SMILES string of the molecule is Cc1noc(-c2cc3cc(-c4cc(C(=O)NCc5ccno5)nn4C)ccc3[nH]2)n1. The van der Waals surface area contributed by atoms with E-state index in [1.165, 1.54) is 6.20 Å². The summed E-state index contributed by atoms with van der Waals surface area (Å²) < 4.78 is 11.9. The maximum atomic E-state index is 12.4. The van der Waals surface area contributed by atoms with Gasteiger partial charge in [-0.25, -0.2) is 0 Å². The number of amides is 1. The van der Waals surface area contributed by atoms with Crippen LogP contribution in [0.15, 0.2) is 51.6 Å². The molecular weight excluding hydrogens is 386 g/mol. The predicted octanol–water partition coefficient (Wildman–Crippen LogP) is 2.84. The van der Waals surface area contributed by atoms with E-state index < -0.39 is 0 Å². The van der Waals surface area contributed by atoms with Crippen molar-refractivity contribution >= 4 is 16.8 Å². The van der Waals surface area contributed by atoms with Gasteiger partial charge in [-0.2, -0.15) is 10.1 Å². The molecule has 4 aromatic heterocycles. The third-order valence-corrected chi connectivity index (χ3v) is 4.70. The predicted molar refractivity (Wildman–Crippen MR) is 106 cm³/mol. The van der Waals surface area contributed by atoms with Gasteiger partial charge < -0.3 is 19.3 Å². The van der Waals surface area contributed by atoms with Crippen LogP contribution in [0.5, 0.6) is 0 Å². The zero-order valence-electron chi connectivity index (χ0n) is 16.2. The van der Waals surface area contributed by atoms with E-state index in [1.807, 2.05) is 24.3 Å². The number of rotatable bonds is 5. The lowest BCUT2D eigenvalue weighted by Crippen LogP contribution is -2.23. The Balaban J connectivity index is 1.41. The topological polar surface area (TPSA) is 128 Å². The highest BCUT2D eigenvalue weighted by Gasteiger charge is 2.16. The van der Waals surface area contributed by atoms with Crippen molar-refractivity contribution in [3.63, 3.8) is 0 Å². The monoisotopic (exact) mass is 403 g/mol. The summed E-state index contributed by atoms with van der Waals surface area (Å²) in [5, 5.41) is 15.5. The molecule has 30 heavy (non-hydrogen) atoms. The number of aryl methyl sites for hydroxylation is 2. The smallest absolute Gasteiger partial charge is 0.274 e. The lowest BCUT2D eigenvalue weighted by molar-refractivity contribution is 0.0941. The van der Waals surface area contributed by atoms with Crippen LogP contribution in [-0.2, 0) is 13.6 Å². The minimum atomic E-state index is -0.287. The number of H-pyrrole nitrogens is 1. The Labute approximate surface area is 169 Å². The number of hydrogen-bond donors (Lipinski definition) is 2. The van der Waals surface area contributed by atoms with E-state index in [9.17, 15) is 4.79 Å². The Kier molecular flexibility index (Phi) is 4.16. The van der Waals surface area contributed by atoms with Gasteiger partial charge in [0.2, 0.25) is 0 Å². The first-order chi connectivity index (χ1) is 14.6. The molecule has 1 amide bonds. The van der Waals surface area contributed by atoms with E-state index >= 15 is 0 Å². The highest BCUT2D eigenvalue weighted by Crippen LogP contribution is 2.28. The Morgan fingerprint density at radius 1 is 1.20 bits per heavy atom. The van der Waals surface area contributed by atoms with Crippen molar-refractivity contribution in [3.8, 4) is 22.8 Å². The lowest BCUT2D eigenvalue weighted by Gasteiger charge is -2.01. The molecule has 0 aliphatic rings. The van der Waals surface area contributed by atoms with E-state index in [2.05, 4.69) is 30.7 Å². The molecule has 0 fully saturated rings. The van der Waals surface area contributed by atoms with Crippen molar-refractivity contribution < 1.29 is 13.8 Å². The molecule has 0 saturated heterocycles. The van der Waals surface area contributed by atoms with Gasteiger partial charge in [0.15, 0.2) is 17.3 Å². The van der Waals surface area contributed by atoms with Crippen molar-refractivity contribution in [2.45, 2.75) is 13.5 Å². The summed E-state index contributed by atoms with van der Waals surface area (Å²) in [7, 11) is 1.80. The van der Waals surface area contributed by atoms with Gasteiger partial charge in [0.25, 0.3) is 11.8 Å². The highest BCUT2D eigenvalue weighted by atomic mass is 16.5. The molecule has 0 bridgehead atoms. The molecule has 5 aromatic rings. The zero-order valence-corrected chi connectivity index (χ0v) is 16.2. The van der Waals surface area contributed by atoms with Crippen LogP contribution >= 0.6 is 0 Å². The fourth-order valence-electron chi connectivity index (χ4n) is 3.25. The van der Waals surface area contributed by atoms with Crippen LogP contribution in [0.1, 0.15) is 22.1 Å². The Morgan fingerprint density at radius 2 is 2.10 bits per heavy atom. The molecular formula is C20H17N7O3. The molecule has 0 saturated carbocycles. The summed E-state index contributed by atoms with van der Waals surface area (Å²) in [4.78, 5) is 20.0. The first-order valence-electron chi connectivity index (χ1n) is 9.22. The molecule has 1 aromatic carbocycles. The molecule has 0 unspecified atom stereocenters. The number of carbonyl (C=O) groups excluding carboxylic acids is 1. The maximum Gasteiger partial charge on any atom is 0.274 e. The lowest BCUT2D eigenvalue weighted by atomic mass is 10.1. The molecule has 2 N–H and O–H groups in total. The second kappa shape index (κ2) is 6.99. The Morgan fingerprint density at radius 3 is 2.87 bits per heavy atom. The summed E-state index contributed by atoms with van der Waals surface area (Å²) in [6, 6.07) is 11.4. The van der Waals surface area contributed by atoms with Gasteiger partial charge in [-0.3, -0.25) is 9.48 Å². The second-order valence-electron chi connectivity index (χ2n) is 6.83. The zero-order chi connectivity index (χ0) is 20.7. The Hall–Kier alpha value is -4.21. The largest absolute Gasteiger partial charge is 0.360 e. The van der Waals surface area contributed by atoms with Crippen LogP contribution < -0.4 is 5.32 Å². The van der Waals surface area contributed by atoms with E-state index in [0.717, 1.165) is 27.9 Å². The van der Waals surface area contributed by atoms with E-state index in [-0.39, 0.29) is 12.5 Å². The van der Waals surface area contributed by atoms with Crippen molar-refractivity contribution in [2.24, 2.45) is 7.05 Å². The number of aromatic nitrogens is 6. The van der Waals surface area contributed by atoms with Crippen LogP contribution in [-0.4, -0.2) is 36.0 Å². The fraction of sp³-hybridized carbons (Fsp3) is 0.150. The van der Waals surface area contributed by atoms with Crippen molar-refractivity contribution in [1.82, 2.24) is 35.4 Å². The summed E-state index contributed by atoms with van der Waals surface area (Å²) in [5.74, 6) is 1.31. The van der Waals surface area contributed by atoms with Crippen molar-refractivity contribution in [2.75, 3.05) is 0 Å². The first kappa shape index (κ1) is 17.9. The van der Waals surface area contributed by atoms with Crippen LogP contribution in [0.25, 0.3) is 33.7 Å². The third kappa shape index (κ3) is 3.24. The molecule has 0 radical (unpaired) electrons. The Bertz CT molecular complexity index is 1340. The fourth-order valence-corrected chi connectivity index (χ4v) is 3.25. The molecule has 4 heterocycles. The van der Waals surface area contributed by atoms with E-state index in [4.69, 9.17) is 9.05 Å². The highest BCUT2D eigenvalue weighted by molar-refractivity contribution is 5.94. The number of nitrogens with one attached hydrogen (secondary N) is 2. The first-order valence-corrected chi connectivity index (χ1v) is 9.22. The van der Waals surface area contributed by atoms with Gasteiger partial charge in [0, 0.05) is 29.6 Å². The average molecular weight is 403 g/mol.